The Morgan fingerprint density at radius 2 is 1.95 bits per heavy atom. The second kappa shape index (κ2) is 7.31. The number of hydrogen-bond donors (Lipinski definition) is 1. The van der Waals surface area contributed by atoms with Crippen molar-refractivity contribution < 1.29 is 27.8 Å². The third-order valence-electron chi connectivity index (χ3n) is 2.81. The van der Waals surface area contributed by atoms with Crippen molar-refractivity contribution in [3.05, 3.63) is 29.8 Å². The Labute approximate surface area is 121 Å². The highest BCUT2D eigenvalue weighted by Crippen LogP contribution is 2.23. The highest BCUT2D eigenvalue weighted by Gasteiger charge is 2.29. The zero-order valence-corrected chi connectivity index (χ0v) is 11.9. The molecule has 0 saturated heterocycles. The lowest BCUT2D eigenvalue weighted by Gasteiger charge is -2.25. The molecule has 0 radical (unpaired) electrons. The lowest BCUT2D eigenvalue weighted by molar-refractivity contribution is -0.153. The molecule has 7 heteroatoms. The van der Waals surface area contributed by atoms with Crippen LogP contribution in [0.2, 0.25) is 0 Å². The van der Waals surface area contributed by atoms with E-state index in [0.717, 1.165) is 0 Å². The minimum atomic E-state index is -4.41. The Morgan fingerprint density at radius 3 is 2.48 bits per heavy atom. The van der Waals surface area contributed by atoms with Crippen molar-refractivity contribution in [1.29, 1.82) is 0 Å². The van der Waals surface area contributed by atoms with Crippen LogP contribution in [0.15, 0.2) is 24.3 Å². The van der Waals surface area contributed by atoms with Gasteiger partial charge in [0.15, 0.2) is 6.61 Å². The first-order valence-electron chi connectivity index (χ1n) is 6.42. The zero-order valence-electron chi connectivity index (χ0n) is 11.9. The highest BCUT2D eigenvalue weighted by atomic mass is 19.4. The van der Waals surface area contributed by atoms with E-state index in [-0.39, 0.29) is 24.9 Å². The van der Waals surface area contributed by atoms with E-state index in [4.69, 9.17) is 9.84 Å². The smallest absolute Gasteiger partial charge is 0.422 e. The molecule has 4 nitrogen and oxygen atoms in total. The molecule has 1 N–H and O–H groups in total. The van der Waals surface area contributed by atoms with Crippen LogP contribution >= 0.6 is 0 Å². The van der Waals surface area contributed by atoms with Crippen LogP contribution in [0.25, 0.3) is 0 Å². The maximum atomic E-state index is 12.2. The summed E-state index contributed by atoms with van der Waals surface area (Å²) in [6.07, 6.45) is -4.41. The van der Waals surface area contributed by atoms with Gasteiger partial charge < -0.3 is 9.84 Å². The first-order valence-corrected chi connectivity index (χ1v) is 6.42. The van der Waals surface area contributed by atoms with Crippen molar-refractivity contribution in [2.24, 2.45) is 0 Å². The van der Waals surface area contributed by atoms with E-state index in [2.05, 4.69) is 0 Å². The van der Waals surface area contributed by atoms with Crippen molar-refractivity contribution in [3.8, 4) is 5.75 Å². The van der Waals surface area contributed by atoms with E-state index >= 15 is 0 Å². The molecule has 0 saturated carbocycles. The fraction of sp³-hybridized carbons (Fsp3) is 0.500. The summed E-state index contributed by atoms with van der Waals surface area (Å²) in [5.41, 5.74) is 0.525. The lowest BCUT2D eigenvalue weighted by atomic mass is 10.1. The second-order valence-electron chi connectivity index (χ2n) is 4.90. The molecule has 0 bridgehead atoms. The fourth-order valence-corrected chi connectivity index (χ4v) is 1.75. The molecule has 0 heterocycles. The largest absolute Gasteiger partial charge is 0.484 e. The number of ether oxygens (including phenoxy) is 1. The Morgan fingerprint density at radius 1 is 1.33 bits per heavy atom. The van der Waals surface area contributed by atoms with Gasteiger partial charge in [-0.3, -0.25) is 9.69 Å². The number of carbonyl (C=O) groups is 1. The van der Waals surface area contributed by atoms with Crippen molar-refractivity contribution in [2.45, 2.75) is 32.6 Å². The van der Waals surface area contributed by atoms with Crippen molar-refractivity contribution in [2.75, 3.05) is 13.2 Å². The summed E-state index contributed by atoms with van der Waals surface area (Å²) in [5, 5.41) is 8.87. The molecule has 0 aliphatic heterocycles. The summed E-state index contributed by atoms with van der Waals surface area (Å²) in [4.78, 5) is 12.5. The molecule has 0 amide bonds. The predicted molar refractivity (Wildman–Crippen MR) is 71.2 cm³/mol. The van der Waals surface area contributed by atoms with Gasteiger partial charge in [0.05, 0.1) is 6.54 Å². The van der Waals surface area contributed by atoms with Gasteiger partial charge in [0.2, 0.25) is 0 Å². The van der Waals surface area contributed by atoms with E-state index in [1.807, 2.05) is 13.8 Å². The van der Waals surface area contributed by atoms with E-state index in [9.17, 15) is 18.0 Å². The number of carboxylic acid groups (broad SMARTS) is 1. The molecule has 1 rings (SSSR count). The van der Waals surface area contributed by atoms with Crippen LogP contribution in [0.5, 0.6) is 5.75 Å². The monoisotopic (exact) mass is 305 g/mol. The van der Waals surface area contributed by atoms with Gasteiger partial charge in [0.25, 0.3) is 0 Å². The number of aliphatic carboxylic acids is 1. The van der Waals surface area contributed by atoms with Crippen LogP contribution in [-0.2, 0) is 11.3 Å². The Hall–Kier alpha value is -1.76. The molecular weight excluding hydrogens is 287 g/mol. The molecule has 1 aromatic carbocycles. The maximum Gasteiger partial charge on any atom is 0.422 e. The summed E-state index contributed by atoms with van der Waals surface area (Å²) in [6.45, 7) is 2.29. The molecule has 0 atom stereocenters. The predicted octanol–water partition coefficient (Wildman–Crippen LogP) is 2.92. The highest BCUT2D eigenvalue weighted by molar-refractivity contribution is 5.69. The zero-order chi connectivity index (χ0) is 16.0. The molecule has 1 aromatic rings. The van der Waals surface area contributed by atoms with Crippen LogP contribution in [0.1, 0.15) is 19.4 Å². The van der Waals surface area contributed by atoms with Gasteiger partial charge in [-0.15, -0.1) is 0 Å². The van der Waals surface area contributed by atoms with Crippen molar-refractivity contribution >= 4 is 5.97 Å². The molecule has 21 heavy (non-hydrogen) atoms. The number of rotatable bonds is 7. The first-order chi connectivity index (χ1) is 9.69. The second-order valence-corrected chi connectivity index (χ2v) is 4.90. The molecular formula is C14H18F3NO3. The summed E-state index contributed by atoms with van der Waals surface area (Å²) in [7, 11) is 0. The Bertz CT molecular complexity index is 475. The van der Waals surface area contributed by atoms with Crippen LogP contribution in [0.3, 0.4) is 0 Å². The van der Waals surface area contributed by atoms with Gasteiger partial charge in [-0.2, -0.15) is 13.2 Å². The average molecular weight is 305 g/mol. The third kappa shape index (κ3) is 6.48. The normalized spacial score (nSPS) is 12.0. The summed E-state index contributed by atoms with van der Waals surface area (Å²) < 4.78 is 41.5. The molecule has 0 aliphatic carbocycles. The quantitative estimate of drug-likeness (QED) is 0.841. The van der Waals surface area contributed by atoms with E-state index in [1.54, 1.807) is 23.1 Å². The first kappa shape index (κ1) is 17.3. The molecule has 0 fully saturated rings. The Kier molecular flexibility index (Phi) is 6.02. The van der Waals surface area contributed by atoms with E-state index < -0.39 is 18.8 Å². The minimum absolute atomic E-state index is 0.0585. The maximum absolute atomic E-state index is 12.2. The van der Waals surface area contributed by atoms with Gasteiger partial charge in [0.1, 0.15) is 5.75 Å². The van der Waals surface area contributed by atoms with Gasteiger partial charge in [-0.05, 0) is 19.9 Å². The SMILES string of the molecule is CC(C)N(CC(=O)O)Cc1ccccc1OCC(F)(F)F. The summed E-state index contributed by atoms with van der Waals surface area (Å²) in [5.74, 6) is -0.872. The molecule has 118 valence electrons. The molecule has 0 aromatic heterocycles. The number of para-hydroxylation sites is 1. The molecule has 0 aliphatic rings. The Balaban J connectivity index is 2.84. The number of hydrogen-bond acceptors (Lipinski definition) is 3. The lowest BCUT2D eigenvalue weighted by Crippen LogP contribution is -2.35. The van der Waals surface area contributed by atoms with E-state index in [1.165, 1.54) is 6.07 Å². The summed E-state index contributed by atoms with van der Waals surface area (Å²) >= 11 is 0. The summed E-state index contributed by atoms with van der Waals surface area (Å²) in [6, 6.07) is 6.27. The fourth-order valence-electron chi connectivity index (χ4n) is 1.75. The topological polar surface area (TPSA) is 49.8 Å². The van der Waals surface area contributed by atoms with E-state index in [0.29, 0.717) is 5.56 Å². The average Bonchev–Trinajstić information content (AvgIpc) is 2.35. The third-order valence-corrected chi connectivity index (χ3v) is 2.81. The van der Waals surface area contributed by atoms with Crippen molar-refractivity contribution in [3.63, 3.8) is 0 Å². The van der Waals surface area contributed by atoms with Gasteiger partial charge in [-0.1, -0.05) is 18.2 Å². The standard InChI is InChI=1S/C14H18F3NO3/c1-10(2)18(8-13(19)20)7-11-5-3-4-6-12(11)21-9-14(15,16)17/h3-6,10H,7-9H2,1-2H3,(H,19,20). The van der Waals surface area contributed by atoms with Gasteiger partial charge in [0, 0.05) is 18.2 Å². The minimum Gasteiger partial charge on any atom is -0.484 e. The van der Waals surface area contributed by atoms with Gasteiger partial charge in [-0.25, -0.2) is 0 Å². The number of nitrogens with zero attached hydrogens (tertiary/aromatic N) is 1. The number of halogens is 3. The number of carboxylic acids is 1. The van der Waals surface area contributed by atoms with Crippen LogP contribution in [0, 0.1) is 0 Å². The number of alkyl halides is 3. The number of benzene rings is 1. The van der Waals surface area contributed by atoms with Crippen LogP contribution in [0.4, 0.5) is 13.2 Å². The van der Waals surface area contributed by atoms with Crippen LogP contribution in [-0.4, -0.2) is 41.3 Å². The van der Waals surface area contributed by atoms with Gasteiger partial charge >= 0.3 is 12.1 Å². The van der Waals surface area contributed by atoms with Crippen molar-refractivity contribution in [1.82, 2.24) is 4.90 Å². The van der Waals surface area contributed by atoms with Crippen LogP contribution < -0.4 is 4.74 Å². The molecule has 0 unspecified atom stereocenters. The molecule has 0 spiro atoms.